The number of nitrogens with one attached hydrogen (secondary N) is 2. The van der Waals surface area contributed by atoms with Crippen molar-refractivity contribution in [3.63, 3.8) is 0 Å². The summed E-state index contributed by atoms with van der Waals surface area (Å²) in [5.74, 6) is 1.14. The molecule has 0 aliphatic heterocycles. The van der Waals surface area contributed by atoms with E-state index < -0.39 is 6.03 Å². The molecular weight excluding hydrogens is 415 g/mol. The predicted molar refractivity (Wildman–Crippen MR) is 113 cm³/mol. The quantitative estimate of drug-likeness (QED) is 0.530. The van der Waals surface area contributed by atoms with Gasteiger partial charge in [0.15, 0.2) is 0 Å². The zero-order valence-electron chi connectivity index (χ0n) is 15.5. The van der Waals surface area contributed by atoms with Crippen LogP contribution in [0.3, 0.4) is 0 Å². The van der Waals surface area contributed by atoms with E-state index in [9.17, 15) is 4.79 Å². The predicted octanol–water partition coefficient (Wildman–Crippen LogP) is 4.66. The molecule has 0 aliphatic rings. The van der Waals surface area contributed by atoms with E-state index in [-0.39, 0.29) is 13.2 Å². The van der Waals surface area contributed by atoms with Gasteiger partial charge in [0.05, 0.1) is 30.1 Å². The molecule has 0 atom stereocenters. The zero-order chi connectivity index (χ0) is 20.6. The lowest BCUT2D eigenvalue weighted by atomic mass is 10.1. The average molecular weight is 433 g/mol. The maximum atomic E-state index is 11.9. The van der Waals surface area contributed by atoms with E-state index in [1.165, 1.54) is 0 Å². The second kappa shape index (κ2) is 9.95. The van der Waals surface area contributed by atoms with Crippen LogP contribution in [0.5, 0.6) is 11.6 Å². The third-order valence-corrected chi connectivity index (χ3v) is 4.40. The van der Waals surface area contributed by atoms with Crippen molar-refractivity contribution >= 4 is 34.9 Å². The smallest absolute Gasteiger partial charge is 0.319 e. The number of hydrogen-bond donors (Lipinski definition) is 2. The summed E-state index contributed by atoms with van der Waals surface area (Å²) < 4.78 is 10.6. The van der Waals surface area contributed by atoms with Gasteiger partial charge >= 0.3 is 6.03 Å². The Morgan fingerprint density at radius 1 is 1.03 bits per heavy atom. The lowest BCUT2D eigenvalue weighted by Gasteiger charge is -2.10. The molecule has 9 heteroatoms. The molecular formula is C20H18Cl2N4O3. The van der Waals surface area contributed by atoms with Gasteiger partial charge in [0.2, 0.25) is 5.88 Å². The van der Waals surface area contributed by atoms with Gasteiger partial charge in [-0.15, -0.1) is 10.2 Å². The number of methoxy groups -OCH3 is 1. The van der Waals surface area contributed by atoms with Crippen LogP contribution < -0.4 is 20.1 Å². The van der Waals surface area contributed by atoms with Crippen molar-refractivity contribution in [1.29, 1.82) is 0 Å². The summed E-state index contributed by atoms with van der Waals surface area (Å²) in [4.78, 5) is 11.9. The van der Waals surface area contributed by atoms with Gasteiger partial charge in [-0.25, -0.2) is 4.79 Å². The summed E-state index contributed by atoms with van der Waals surface area (Å²) in [6, 6.07) is 15.4. The highest BCUT2D eigenvalue weighted by Gasteiger charge is 2.07. The van der Waals surface area contributed by atoms with E-state index in [0.29, 0.717) is 21.6 Å². The topological polar surface area (TPSA) is 85.4 Å². The van der Waals surface area contributed by atoms with Gasteiger partial charge in [-0.05, 0) is 48.5 Å². The number of halogens is 2. The average Bonchev–Trinajstić information content (AvgIpc) is 2.74. The van der Waals surface area contributed by atoms with Crippen LogP contribution >= 0.6 is 23.2 Å². The maximum Gasteiger partial charge on any atom is 0.319 e. The first kappa shape index (κ1) is 20.7. The number of carbonyl (C=O) groups excluding carboxylic acids is 1. The van der Waals surface area contributed by atoms with Crippen LogP contribution in [0.15, 0.2) is 54.6 Å². The van der Waals surface area contributed by atoms with Gasteiger partial charge in [0.25, 0.3) is 0 Å². The largest absolute Gasteiger partial charge is 0.497 e. The Balaban J connectivity index is 1.44. The number of carbonyl (C=O) groups is 1. The third-order valence-electron chi connectivity index (χ3n) is 3.84. The second-order valence-electron chi connectivity index (χ2n) is 5.84. The van der Waals surface area contributed by atoms with E-state index in [1.54, 1.807) is 31.4 Å². The van der Waals surface area contributed by atoms with E-state index in [4.69, 9.17) is 32.7 Å². The first-order chi connectivity index (χ1) is 14.0. The summed E-state index contributed by atoms with van der Waals surface area (Å²) >= 11 is 11.9. The fourth-order valence-electron chi connectivity index (χ4n) is 2.39. The van der Waals surface area contributed by atoms with Crippen LogP contribution in [0.25, 0.3) is 11.3 Å². The molecule has 150 valence electrons. The Bertz CT molecular complexity index is 966. The molecule has 2 aromatic carbocycles. The lowest BCUT2D eigenvalue weighted by Crippen LogP contribution is -2.32. The number of nitrogens with zero attached hydrogens (tertiary/aromatic N) is 2. The van der Waals surface area contributed by atoms with Gasteiger partial charge in [-0.1, -0.05) is 23.2 Å². The lowest BCUT2D eigenvalue weighted by molar-refractivity contribution is 0.246. The summed E-state index contributed by atoms with van der Waals surface area (Å²) in [6.45, 7) is 0.499. The van der Waals surface area contributed by atoms with Crippen molar-refractivity contribution in [2.24, 2.45) is 0 Å². The first-order valence-corrected chi connectivity index (χ1v) is 9.41. The number of benzene rings is 2. The summed E-state index contributed by atoms with van der Waals surface area (Å²) in [5, 5.41) is 14.3. The van der Waals surface area contributed by atoms with E-state index in [2.05, 4.69) is 20.8 Å². The van der Waals surface area contributed by atoms with E-state index >= 15 is 0 Å². The Morgan fingerprint density at radius 2 is 1.83 bits per heavy atom. The minimum atomic E-state index is -0.418. The molecule has 2 N–H and O–H groups in total. The Hall–Kier alpha value is -3.03. The number of anilines is 1. The Morgan fingerprint density at radius 3 is 2.52 bits per heavy atom. The SMILES string of the molecule is COc1ccc(-c2ccc(OCCNC(=O)Nc3cc(Cl)ccc3Cl)nn2)cc1. The van der Waals surface area contributed by atoms with Gasteiger partial charge < -0.3 is 20.1 Å². The van der Waals surface area contributed by atoms with Crippen molar-refractivity contribution < 1.29 is 14.3 Å². The Kier molecular flexibility index (Phi) is 7.10. The Labute approximate surface area is 178 Å². The molecule has 3 rings (SSSR count). The molecule has 0 unspecified atom stereocenters. The van der Waals surface area contributed by atoms with Crippen LogP contribution in [0, 0.1) is 0 Å². The molecule has 2 amide bonds. The molecule has 0 aliphatic carbocycles. The zero-order valence-corrected chi connectivity index (χ0v) is 17.0. The highest BCUT2D eigenvalue weighted by atomic mass is 35.5. The van der Waals surface area contributed by atoms with Gasteiger partial charge in [-0.2, -0.15) is 0 Å². The molecule has 0 bridgehead atoms. The molecule has 29 heavy (non-hydrogen) atoms. The molecule has 1 heterocycles. The number of hydrogen-bond acceptors (Lipinski definition) is 5. The number of ether oxygens (including phenoxy) is 2. The van der Waals surface area contributed by atoms with E-state index in [0.717, 1.165) is 17.0 Å². The molecule has 0 radical (unpaired) electrons. The van der Waals surface area contributed by atoms with Crippen LogP contribution in [-0.4, -0.2) is 36.5 Å². The summed E-state index contributed by atoms with van der Waals surface area (Å²) in [6.07, 6.45) is 0. The normalized spacial score (nSPS) is 10.3. The molecule has 3 aromatic rings. The fraction of sp³-hybridized carbons (Fsp3) is 0.150. The highest BCUT2D eigenvalue weighted by Crippen LogP contribution is 2.25. The minimum Gasteiger partial charge on any atom is -0.497 e. The van der Waals surface area contributed by atoms with Crippen molar-refractivity contribution in [2.75, 3.05) is 25.6 Å². The van der Waals surface area contributed by atoms with E-state index in [1.807, 2.05) is 30.3 Å². The summed E-state index contributed by atoms with van der Waals surface area (Å²) in [7, 11) is 1.62. The van der Waals surface area contributed by atoms with Crippen molar-refractivity contribution in [2.45, 2.75) is 0 Å². The fourth-order valence-corrected chi connectivity index (χ4v) is 2.73. The van der Waals surface area contributed by atoms with Crippen LogP contribution in [-0.2, 0) is 0 Å². The van der Waals surface area contributed by atoms with Gasteiger partial charge in [0.1, 0.15) is 12.4 Å². The van der Waals surface area contributed by atoms with Gasteiger partial charge in [0, 0.05) is 16.7 Å². The molecule has 0 fully saturated rings. The monoisotopic (exact) mass is 432 g/mol. The molecule has 7 nitrogen and oxygen atoms in total. The first-order valence-electron chi connectivity index (χ1n) is 8.66. The van der Waals surface area contributed by atoms with Crippen LogP contribution in [0.2, 0.25) is 10.0 Å². The molecule has 0 saturated heterocycles. The van der Waals surface area contributed by atoms with Crippen LogP contribution in [0.1, 0.15) is 0 Å². The molecule has 0 spiro atoms. The number of urea groups is 1. The maximum absolute atomic E-state index is 11.9. The highest BCUT2D eigenvalue weighted by molar-refractivity contribution is 6.35. The standard InChI is InChI=1S/C20H18Cl2N4O3/c1-28-15-5-2-13(3-6-15)17-8-9-19(26-25-17)29-11-10-23-20(27)24-18-12-14(21)4-7-16(18)22/h2-9,12H,10-11H2,1H3,(H2,23,24,27). The minimum absolute atomic E-state index is 0.229. The van der Waals surface area contributed by atoms with Crippen LogP contribution in [0.4, 0.5) is 10.5 Å². The number of rotatable bonds is 7. The summed E-state index contributed by atoms with van der Waals surface area (Å²) in [5.41, 5.74) is 2.07. The third kappa shape index (κ3) is 5.97. The van der Waals surface area contributed by atoms with Crippen molar-refractivity contribution in [1.82, 2.24) is 15.5 Å². The van der Waals surface area contributed by atoms with Crippen molar-refractivity contribution in [3.8, 4) is 22.9 Å². The number of amides is 2. The van der Waals surface area contributed by atoms with Crippen molar-refractivity contribution in [3.05, 3.63) is 64.6 Å². The number of aromatic nitrogens is 2. The molecule has 0 saturated carbocycles. The molecule has 1 aromatic heterocycles. The second-order valence-corrected chi connectivity index (χ2v) is 6.68. The van der Waals surface area contributed by atoms with Gasteiger partial charge in [-0.3, -0.25) is 0 Å².